The Kier molecular flexibility index (Phi) is 7.47. The first kappa shape index (κ1) is 26.0. The van der Waals surface area contributed by atoms with Crippen LogP contribution >= 0.6 is 11.8 Å². The number of carbonyl (C=O) groups excluding carboxylic acids is 2. The minimum Gasteiger partial charge on any atom is -0.341 e. The number of carbonyl (C=O) groups is 2. The molecule has 2 saturated heterocycles. The number of amides is 2. The molecule has 0 spiro atoms. The molecule has 5 heterocycles. The van der Waals surface area contributed by atoms with Crippen molar-refractivity contribution in [2.75, 3.05) is 24.5 Å². The van der Waals surface area contributed by atoms with Crippen LogP contribution in [0.15, 0.2) is 66.0 Å². The van der Waals surface area contributed by atoms with E-state index in [1.807, 2.05) is 36.4 Å². The van der Waals surface area contributed by atoms with Crippen molar-refractivity contribution in [3.05, 3.63) is 83.0 Å². The summed E-state index contributed by atoms with van der Waals surface area (Å²) < 4.78 is 14.6. The summed E-state index contributed by atoms with van der Waals surface area (Å²) in [4.78, 5) is 43.4. The molecular weight excluding hydrogens is 529 g/mol. The highest BCUT2D eigenvalue weighted by Crippen LogP contribution is 2.28. The summed E-state index contributed by atoms with van der Waals surface area (Å²) in [6.07, 6.45) is 8.20. The van der Waals surface area contributed by atoms with Gasteiger partial charge >= 0.3 is 0 Å². The molecule has 0 unspecified atom stereocenters. The maximum Gasteiger partial charge on any atom is 0.290 e. The second-order valence-corrected chi connectivity index (χ2v) is 10.7. The fourth-order valence-electron chi connectivity index (χ4n) is 4.98. The molecule has 2 aliphatic rings. The fourth-order valence-corrected chi connectivity index (χ4v) is 5.65. The van der Waals surface area contributed by atoms with E-state index in [1.165, 1.54) is 6.20 Å². The zero-order valence-corrected chi connectivity index (χ0v) is 22.3. The van der Waals surface area contributed by atoms with Crippen molar-refractivity contribution in [1.29, 1.82) is 0 Å². The van der Waals surface area contributed by atoms with Crippen LogP contribution in [0.4, 0.5) is 15.1 Å². The average Bonchev–Trinajstić information content (AvgIpc) is 3.30. The quantitative estimate of drug-likeness (QED) is 0.317. The molecule has 11 heteroatoms. The SMILES string of the molecule is O=C1NC(=O)C(=Cc2ccnc(N3CCC(CNCc4cc(-c5ccnc6ccccc56)ncc4F)CC3)n2)S1. The van der Waals surface area contributed by atoms with Crippen LogP contribution in [-0.4, -0.2) is 50.7 Å². The topological polar surface area (TPSA) is 113 Å². The summed E-state index contributed by atoms with van der Waals surface area (Å²) in [6, 6.07) is 13.3. The van der Waals surface area contributed by atoms with Crippen LogP contribution in [0.25, 0.3) is 28.2 Å². The van der Waals surface area contributed by atoms with Crippen molar-refractivity contribution >= 4 is 45.8 Å². The van der Waals surface area contributed by atoms with E-state index < -0.39 is 5.91 Å². The number of rotatable bonds is 7. The van der Waals surface area contributed by atoms with E-state index in [-0.39, 0.29) is 11.1 Å². The van der Waals surface area contributed by atoms with Crippen LogP contribution in [0.2, 0.25) is 0 Å². The number of pyridine rings is 2. The van der Waals surface area contributed by atoms with E-state index in [0.717, 1.165) is 66.4 Å². The van der Waals surface area contributed by atoms with Crippen LogP contribution in [0.5, 0.6) is 0 Å². The lowest BCUT2D eigenvalue weighted by Gasteiger charge is -2.32. The van der Waals surface area contributed by atoms with Crippen LogP contribution in [0.3, 0.4) is 0 Å². The molecule has 3 aromatic heterocycles. The Balaban J connectivity index is 1.04. The molecular formula is C29H26FN7O2S. The molecule has 202 valence electrons. The van der Waals surface area contributed by atoms with Crippen molar-refractivity contribution < 1.29 is 14.0 Å². The Morgan fingerprint density at radius 3 is 2.73 bits per heavy atom. The van der Waals surface area contributed by atoms with Gasteiger partial charge in [0.25, 0.3) is 11.1 Å². The van der Waals surface area contributed by atoms with Gasteiger partial charge in [0.2, 0.25) is 5.95 Å². The second-order valence-electron chi connectivity index (χ2n) is 9.73. The summed E-state index contributed by atoms with van der Waals surface area (Å²) in [6.45, 7) is 2.78. The van der Waals surface area contributed by atoms with Gasteiger partial charge in [0.15, 0.2) is 0 Å². The van der Waals surface area contributed by atoms with Crippen molar-refractivity contribution in [1.82, 2.24) is 30.6 Å². The number of nitrogens with zero attached hydrogens (tertiary/aromatic N) is 5. The van der Waals surface area contributed by atoms with Gasteiger partial charge in [0.1, 0.15) is 5.82 Å². The van der Waals surface area contributed by atoms with Gasteiger partial charge in [-0.1, -0.05) is 18.2 Å². The molecule has 0 bridgehead atoms. The summed E-state index contributed by atoms with van der Waals surface area (Å²) in [7, 11) is 0. The molecule has 0 aliphatic carbocycles. The van der Waals surface area contributed by atoms with Gasteiger partial charge in [-0.2, -0.15) is 0 Å². The zero-order valence-electron chi connectivity index (χ0n) is 21.5. The number of benzene rings is 1. The first-order valence-electron chi connectivity index (χ1n) is 13.1. The molecule has 0 radical (unpaired) electrons. The Morgan fingerprint density at radius 1 is 1.07 bits per heavy atom. The molecule has 0 atom stereocenters. The Bertz CT molecular complexity index is 1620. The summed E-state index contributed by atoms with van der Waals surface area (Å²) in [5.41, 5.74) is 3.70. The van der Waals surface area contributed by atoms with Gasteiger partial charge in [0.05, 0.1) is 28.0 Å². The number of fused-ring (bicyclic) bond motifs is 1. The highest BCUT2D eigenvalue weighted by molar-refractivity contribution is 8.18. The number of piperidine rings is 1. The van der Waals surface area contributed by atoms with Crippen LogP contribution in [-0.2, 0) is 11.3 Å². The van der Waals surface area contributed by atoms with E-state index in [0.29, 0.717) is 34.6 Å². The molecule has 2 aliphatic heterocycles. The molecule has 4 aromatic rings. The molecule has 9 nitrogen and oxygen atoms in total. The maximum atomic E-state index is 14.6. The molecule has 0 saturated carbocycles. The van der Waals surface area contributed by atoms with Gasteiger partial charge in [-0.05, 0) is 67.4 Å². The number of anilines is 1. The molecule has 2 amide bonds. The zero-order chi connectivity index (χ0) is 27.5. The monoisotopic (exact) mass is 555 g/mol. The van der Waals surface area contributed by atoms with Crippen LogP contribution in [0, 0.1) is 11.7 Å². The van der Waals surface area contributed by atoms with Gasteiger partial charge in [-0.25, -0.2) is 14.4 Å². The minimum absolute atomic E-state index is 0.325. The lowest BCUT2D eigenvalue weighted by molar-refractivity contribution is -0.115. The normalized spacial score (nSPS) is 17.1. The number of para-hydroxylation sites is 1. The van der Waals surface area contributed by atoms with Gasteiger partial charge in [-0.3, -0.25) is 24.9 Å². The predicted molar refractivity (Wildman–Crippen MR) is 153 cm³/mol. The second kappa shape index (κ2) is 11.5. The van der Waals surface area contributed by atoms with Crippen LogP contribution in [0.1, 0.15) is 24.1 Å². The number of hydrogen-bond donors (Lipinski definition) is 2. The molecule has 1 aromatic carbocycles. The summed E-state index contributed by atoms with van der Waals surface area (Å²) in [5.74, 6) is 0.316. The van der Waals surface area contributed by atoms with Crippen molar-refractivity contribution in [3.8, 4) is 11.3 Å². The van der Waals surface area contributed by atoms with Crippen molar-refractivity contribution in [3.63, 3.8) is 0 Å². The average molecular weight is 556 g/mol. The van der Waals surface area contributed by atoms with E-state index >= 15 is 0 Å². The molecule has 2 N–H and O–H groups in total. The Hall–Kier alpha value is -4.22. The molecule has 2 fully saturated rings. The first-order valence-corrected chi connectivity index (χ1v) is 13.9. The minimum atomic E-state index is -0.405. The number of halogens is 1. The van der Waals surface area contributed by atoms with E-state index in [2.05, 4.69) is 35.5 Å². The maximum absolute atomic E-state index is 14.6. The lowest BCUT2D eigenvalue weighted by Crippen LogP contribution is -2.38. The van der Waals surface area contributed by atoms with E-state index in [4.69, 9.17) is 0 Å². The number of thioether (sulfide) groups is 1. The number of imide groups is 1. The number of aromatic nitrogens is 4. The van der Waals surface area contributed by atoms with Gasteiger partial charge in [0, 0.05) is 48.5 Å². The first-order chi connectivity index (χ1) is 19.5. The lowest BCUT2D eigenvalue weighted by atomic mass is 9.97. The molecule has 6 rings (SSSR count). The third-order valence-corrected chi connectivity index (χ3v) is 7.90. The number of nitrogens with one attached hydrogen (secondary N) is 2. The molecule has 40 heavy (non-hydrogen) atoms. The number of hydrogen-bond acceptors (Lipinski definition) is 9. The van der Waals surface area contributed by atoms with E-state index in [1.54, 1.807) is 24.5 Å². The predicted octanol–water partition coefficient (Wildman–Crippen LogP) is 4.56. The fraction of sp³-hybridized carbons (Fsp3) is 0.241. The van der Waals surface area contributed by atoms with Crippen molar-refractivity contribution in [2.24, 2.45) is 5.92 Å². The third-order valence-electron chi connectivity index (χ3n) is 7.09. The highest BCUT2D eigenvalue weighted by Gasteiger charge is 2.26. The largest absolute Gasteiger partial charge is 0.341 e. The van der Waals surface area contributed by atoms with Crippen LogP contribution < -0.4 is 15.5 Å². The van der Waals surface area contributed by atoms with Gasteiger partial charge in [-0.15, -0.1) is 0 Å². The smallest absolute Gasteiger partial charge is 0.290 e. The third kappa shape index (κ3) is 5.70. The van der Waals surface area contributed by atoms with Gasteiger partial charge < -0.3 is 10.2 Å². The highest BCUT2D eigenvalue weighted by atomic mass is 32.2. The summed E-state index contributed by atoms with van der Waals surface area (Å²) >= 11 is 0.868. The van der Waals surface area contributed by atoms with Crippen molar-refractivity contribution in [2.45, 2.75) is 19.4 Å². The Morgan fingerprint density at radius 2 is 1.90 bits per heavy atom. The summed E-state index contributed by atoms with van der Waals surface area (Å²) in [5, 5.41) is 6.29. The van der Waals surface area contributed by atoms with E-state index in [9.17, 15) is 14.0 Å². The standard InChI is InChI=1S/C29H26FN7O2S/c30-23-17-34-25(22-6-10-32-24-4-2-1-3-21(22)24)13-19(23)16-31-15-18-7-11-37(12-8-18)28-33-9-5-20(35-28)14-26-27(38)36-29(39)40-26/h1-6,9-10,13-14,17-18,31H,7-8,11-12,15-16H2,(H,36,38,39). The Labute approximate surface area is 234 Å².